The van der Waals surface area contributed by atoms with Crippen molar-refractivity contribution < 1.29 is 4.74 Å². The Hall–Kier alpha value is -0.980. The van der Waals surface area contributed by atoms with E-state index in [1.54, 1.807) is 0 Å². The first-order valence-electron chi connectivity index (χ1n) is 5.25. The average Bonchev–Trinajstić information content (AvgIpc) is 2.14. The van der Waals surface area contributed by atoms with Crippen molar-refractivity contribution in [2.75, 3.05) is 0 Å². The van der Waals surface area contributed by atoms with Crippen LogP contribution in [0, 0.1) is 5.41 Å². The largest absolute Gasteiger partial charge is 0.490 e. The molecular formula is C13H20O. The van der Waals surface area contributed by atoms with Crippen LogP contribution in [0.2, 0.25) is 0 Å². The van der Waals surface area contributed by atoms with Crippen LogP contribution >= 0.6 is 0 Å². The third-order valence-corrected chi connectivity index (χ3v) is 2.36. The van der Waals surface area contributed by atoms with Crippen LogP contribution in [0.15, 0.2) is 30.3 Å². The van der Waals surface area contributed by atoms with E-state index in [1.165, 1.54) is 0 Å². The molecule has 0 aromatic heterocycles. The van der Waals surface area contributed by atoms with Gasteiger partial charge < -0.3 is 4.74 Å². The van der Waals surface area contributed by atoms with Gasteiger partial charge in [-0.2, -0.15) is 0 Å². The fourth-order valence-electron chi connectivity index (χ4n) is 1.54. The van der Waals surface area contributed by atoms with Crippen LogP contribution < -0.4 is 4.74 Å². The third kappa shape index (κ3) is 3.06. The highest BCUT2D eigenvalue weighted by Crippen LogP contribution is 2.26. The lowest BCUT2D eigenvalue weighted by atomic mass is 9.87. The van der Waals surface area contributed by atoms with Gasteiger partial charge in [0.1, 0.15) is 11.9 Å². The monoisotopic (exact) mass is 192 g/mol. The Morgan fingerprint density at radius 1 is 1.14 bits per heavy atom. The van der Waals surface area contributed by atoms with Crippen molar-refractivity contribution in [1.29, 1.82) is 0 Å². The topological polar surface area (TPSA) is 9.23 Å². The molecule has 14 heavy (non-hydrogen) atoms. The number of ether oxygens (including phenoxy) is 1. The molecule has 0 N–H and O–H groups in total. The summed E-state index contributed by atoms with van der Waals surface area (Å²) in [6.45, 7) is 8.80. The highest BCUT2D eigenvalue weighted by Gasteiger charge is 2.24. The maximum Gasteiger partial charge on any atom is 0.119 e. The fraction of sp³-hybridized carbons (Fsp3) is 0.538. The highest BCUT2D eigenvalue weighted by molar-refractivity contribution is 5.21. The summed E-state index contributed by atoms with van der Waals surface area (Å²) in [6, 6.07) is 10.0. The van der Waals surface area contributed by atoms with Gasteiger partial charge in [0.15, 0.2) is 0 Å². The van der Waals surface area contributed by atoms with E-state index < -0.39 is 0 Å². The van der Waals surface area contributed by atoms with E-state index in [2.05, 4.69) is 27.7 Å². The van der Waals surface area contributed by atoms with Gasteiger partial charge in [-0.25, -0.2) is 0 Å². The molecule has 0 aliphatic rings. The van der Waals surface area contributed by atoms with Gasteiger partial charge in [-0.1, -0.05) is 45.9 Å². The van der Waals surface area contributed by atoms with Gasteiger partial charge in [-0.05, 0) is 24.0 Å². The lowest BCUT2D eigenvalue weighted by Crippen LogP contribution is -2.31. The fourth-order valence-corrected chi connectivity index (χ4v) is 1.54. The summed E-state index contributed by atoms with van der Waals surface area (Å²) < 4.78 is 5.93. The van der Waals surface area contributed by atoms with E-state index in [9.17, 15) is 0 Å². The first-order valence-corrected chi connectivity index (χ1v) is 5.25. The molecule has 0 bridgehead atoms. The first-order chi connectivity index (χ1) is 6.54. The molecule has 1 unspecified atom stereocenters. The summed E-state index contributed by atoms with van der Waals surface area (Å²) in [6.07, 6.45) is 1.32. The molecule has 0 aliphatic heterocycles. The molecular weight excluding hydrogens is 172 g/mol. The Labute approximate surface area is 87.1 Å². The molecule has 0 spiro atoms. The smallest absolute Gasteiger partial charge is 0.119 e. The van der Waals surface area contributed by atoms with Crippen LogP contribution in [0.25, 0.3) is 0 Å². The second kappa shape index (κ2) is 4.50. The summed E-state index contributed by atoms with van der Waals surface area (Å²) in [7, 11) is 0. The molecule has 1 aromatic rings. The van der Waals surface area contributed by atoms with E-state index in [1.807, 2.05) is 30.3 Å². The van der Waals surface area contributed by atoms with E-state index in [0.717, 1.165) is 12.2 Å². The van der Waals surface area contributed by atoms with Crippen molar-refractivity contribution in [3.8, 4) is 5.75 Å². The zero-order chi connectivity index (χ0) is 10.6. The van der Waals surface area contributed by atoms with Gasteiger partial charge in [0, 0.05) is 0 Å². The van der Waals surface area contributed by atoms with Crippen molar-refractivity contribution in [3.63, 3.8) is 0 Å². The summed E-state index contributed by atoms with van der Waals surface area (Å²) in [4.78, 5) is 0. The number of hydrogen-bond donors (Lipinski definition) is 0. The standard InChI is InChI=1S/C13H20O/c1-5-12(13(2,3)4)14-11-9-7-6-8-10-11/h6-10,12H,5H2,1-4H3. The quantitative estimate of drug-likeness (QED) is 0.706. The maximum atomic E-state index is 5.93. The second-order valence-corrected chi connectivity index (χ2v) is 4.69. The van der Waals surface area contributed by atoms with Crippen molar-refractivity contribution in [2.24, 2.45) is 5.41 Å². The molecule has 1 rings (SSSR count). The molecule has 0 fully saturated rings. The van der Waals surface area contributed by atoms with Crippen LogP contribution in [-0.2, 0) is 0 Å². The molecule has 1 nitrogen and oxygen atoms in total. The molecule has 1 aromatic carbocycles. The molecule has 0 heterocycles. The Balaban J connectivity index is 2.67. The van der Waals surface area contributed by atoms with E-state index in [4.69, 9.17) is 4.74 Å². The van der Waals surface area contributed by atoms with Crippen molar-refractivity contribution in [3.05, 3.63) is 30.3 Å². The lowest BCUT2D eigenvalue weighted by molar-refractivity contribution is 0.0833. The number of hydrogen-bond acceptors (Lipinski definition) is 1. The predicted octanol–water partition coefficient (Wildman–Crippen LogP) is 3.89. The van der Waals surface area contributed by atoms with Crippen LogP contribution in [0.5, 0.6) is 5.75 Å². The van der Waals surface area contributed by atoms with Gasteiger partial charge in [0.2, 0.25) is 0 Å². The van der Waals surface area contributed by atoms with Crippen LogP contribution in [0.3, 0.4) is 0 Å². The van der Waals surface area contributed by atoms with Gasteiger partial charge in [-0.15, -0.1) is 0 Å². The number of rotatable bonds is 3. The summed E-state index contributed by atoms with van der Waals surface area (Å²) >= 11 is 0. The molecule has 1 atom stereocenters. The lowest BCUT2D eigenvalue weighted by Gasteiger charge is -2.30. The highest BCUT2D eigenvalue weighted by atomic mass is 16.5. The Morgan fingerprint density at radius 2 is 1.71 bits per heavy atom. The SMILES string of the molecule is CCC(Oc1ccccc1)C(C)(C)C. The van der Waals surface area contributed by atoms with E-state index >= 15 is 0 Å². The second-order valence-electron chi connectivity index (χ2n) is 4.69. The van der Waals surface area contributed by atoms with Crippen molar-refractivity contribution >= 4 is 0 Å². The predicted molar refractivity (Wildman–Crippen MR) is 60.6 cm³/mol. The normalized spacial score (nSPS) is 13.7. The average molecular weight is 192 g/mol. The number of benzene rings is 1. The Morgan fingerprint density at radius 3 is 2.14 bits per heavy atom. The molecule has 0 radical (unpaired) electrons. The molecule has 0 aliphatic carbocycles. The molecule has 1 heteroatoms. The van der Waals surface area contributed by atoms with Gasteiger partial charge >= 0.3 is 0 Å². The zero-order valence-electron chi connectivity index (χ0n) is 9.58. The molecule has 78 valence electrons. The van der Waals surface area contributed by atoms with Crippen molar-refractivity contribution in [1.82, 2.24) is 0 Å². The maximum absolute atomic E-state index is 5.93. The third-order valence-electron chi connectivity index (χ3n) is 2.36. The molecule has 0 saturated heterocycles. The van der Waals surface area contributed by atoms with Crippen LogP contribution in [0.4, 0.5) is 0 Å². The summed E-state index contributed by atoms with van der Waals surface area (Å²) in [5.41, 5.74) is 0.199. The Bertz CT molecular complexity index is 258. The Kier molecular flexibility index (Phi) is 3.56. The van der Waals surface area contributed by atoms with Crippen molar-refractivity contribution in [2.45, 2.75) is 40.2 Å². The molecule has 0 amide bonds. The minimum Gasteiger partial charge on any atom is -0.490 e. The summed E-state index contributed by atoms with van der Waals surface area (Å²) in [5.74, 6) is 0.967. The first kappa shape index (κ1) is 11.1. The van der Waals surface area contributed by atoms with E-state index in [0.29, 0.717) is 0 Å². The minimum absolute atomic E-state index is 0.199. The summed E-state index contributed by atoms with van der Waals surface area (Å²) in [5, 5.41) is 0. The van der Waals surface area contributed by atoms with E-state index in [-0.39, 0.29) is 11.5 Å². The van der Waals surface area contributed by atoms with Gasteiger partial charge in [0.05, 0.1) is 0 Å². The van der Waals surface area contributed by atoms with Gasteiger partial charge in [-0.3, -0.25) is 0 Å². The minimum atomic E-state index is 0.199. The van der Waals surface area contributed by atoms with Gasteiger partial charge in [0.25, 0.3) is 0 Å². The number of para-hydroxylation sites is 1. The molecule has 0 saturated carbocycles. The zero-order valence-corrected chi connectivity index (χ0v) is 9.58. The van der Waals surface area contributed by atoms with Crippen LogP contribution in [-0.4, -0.2) is 6.10 Å². The van der Waals surface area contributed by atoms with Crippen LogP contribution in [0.1, 0.15) is 34.1 Å².